The molecule has 0 spiro atoms. The summed E-state index contributed by atoms with van der Waals surface area (Å²) in [4.78, 5) is 0. The number of fused-ring (bicyclic) bond motifs is 3. The molecule has 0 saturated carbocycles. The van der Waals surface area contributed by atoms with Crippen LogP contribution in [0.15, 0.2) is 48.6 Å². The summed E-state index contributed by atoms with van der Waals surface area (Å²) in [5.74, 6) is 0.532. The normalized spacial score (nSPS) is 28.3. The molecular formula is C13H13N. The summed E-state index contributed by atoms with van der Waals surface area (Å²) >= 11 is 0. The van der Waals surface area contributed by atoms with Crippen LogP contribution in [0.25, 0.3) is 0 Å². The molecule has 1 aromatic carbocycles. The Morgan fingerprint density at radius 3 is 2.93 bits per heavy atom. The Bertz CT molecular complexity index is 403. The molecule has 2 aliphatic rings. The first kappa shape index (κ1) is 8.01. The predicted molar refractivity (Wildman–Crippen MR) is 58.1 cm³/mol. The third kappa shape index (κ3) is 1.13. The monoisotopic (exact) mass is 183 g/mol. The summed E-state index contributed by atoms with van der Waals surface area (Å²) in [6.07, 6.45) is 8.81. The number of rotatable bonds is 0. The molecule has 3 rings (SSSR count). The maximum atomic E-state index is 3.54. The van der Waals surface area contributed by atoms with E-state index in [9.17, 15) is 0 Å². The molecular weight excluding hydrogens is 170 g/mol. The van der Waals surface area contributed by atoms with Gasteiger partial charge in [-0.25, -0.2) is 0 Å². The fourth-order valence-electron chi connectivity index (χ4n) is 2.35. The van der Waals surface area contributed by atoms with Gasteiger partial charge in [0.05, 0.1) is 0 Å². The summed E-state index contributed by atoms with van der Waals surface area (Å²) in [5, 5.41) is 3.54. The summed E-state index contributed by atoms with van der Waals surface area (Å²) in [6, 6.07) is 9.20. The molecule has 0 fully saturated rings. The molecule has 0 aromatic heterocycles. The molecule has 70 valence electrons. The molecule has 0 saturated heterocycles. The molecule has 1 aliphatic carbocycles. The first-order valence-corrected chi connectivity index (χ1v) is 5.11. The molecule has 0 amide bonds. The minimum absolute atomic E-state index is 0.495. The Morgan fingerprint density at radius 1 is 1.07 bits per heavy atom. The van der Waals surface area contributed by atoms with Gasteiger partial charge < -0.3 is 5.32 Å². The number of nitrogens with one attached hydrogen (secondary N) is 1. The van der Waals surface area contributed by atoms with Crippen molar-refractivity contribution in [3.63, 3.8) is 0 Å². The lowest BCUT2D eigenvalue weighted by molar-refractivity contribution is 0.509. The number of hydrogen-bond acceptors (Lipinski definition) is 1. The van der Waals surface area contributed by atoms with Crippen molar-refractivity contribution in [2.24, 2.45) is 0 Å². The maximum Gasteiger partial charge on any atom is 0.0360 e. The van der Waals surface area contributed by atoms with E-state index >= 15 is 0 Å². The summed E-state index contributed by atoms with van der Waals surface area (Å²) in [7, 11) is 0. The molecule has 1 N–H and O–H groups in total. The smallest absolute Gasteiger partial charge is 0.0360 e. The van der Waals surface area contributed by atoms with Crippen LogP contribution in [0.2, 0.25) is 0 Å². The van der Waals surface area contributed by atoms with Gasteiger partial charge in [-0.2, -0.15) is 0 Å². The summed E-state index contributed by atoms with van der Waals surface area (Å²) in [6.45, 7) is 0.996. The largest absolute Gasteiger partial charge is 0.306 e. The Balaban J connectivity index is 2.09. The molecule has 1 aromatic rings. The number of benzene rings is 1. The van der Waals surface area contributed by atoms with Crippen molar-refractivity contribution in [2.45, 2.75) is 18.5 Å². The number of hydrogen-bond donors (Lipinski definition) is 1. The van der Waals surface area contributed by atoms with Gasteiger partial charge in [0, 0.05) is 18.5 Å². The van der Waals surface area contributed by atoms with Crippen LogP contribution >= 0.6 is 0 Å². The van der Waals surface area contributed by atoms with Crippen molar-refractivity contribution in [1.29, 1.82) is 0 Å². The first-order valence-electron chi connectivity index (χ1n) is 5.11. The Morgan fingerprint density at radius 2 is 1.93 bits per heavy atom. The van der Waals surface area contributed by atoms with E-state index in [1.807, 2.05) is 0 Å². The summed E-state index contributed by atoms with van der Waals surface area (Å²) in [5.41, 5.74) is 2.92. The van der Waals surface area contributed by atoms with E-state index in [2.05, 4.69) is 53.9 Å². The van der Waals surface area contributed by atoms with Gasteiger partial charge in [-0.3, -0.25) is 0 Å². The molecule has 0 bridgehead atoms. The highest BCUT2D eigenvalue weighted by Gasteiger charge is 2.25. The van der Waals surface area contributed by atoms with Crippen molar-refractivity contribution < 1.29 is 0 Å². The highest BCUT2D eigenvalue weighted by atomic mass is 14.9. The average molecular weight is 183 g/mol. The van der Waals surface area contributed by atoms with E-state index < -0.39 is 0 Å². The maximum absolute atomic E-state index is 3.54. The van der Waals surface area contributed by atoms with Crippen LogP contribution in [0.3, 0.4) is 0 Å². The van der Waals surface area contributed by atoms with Crippen LogP contribution in [0.1, 0.15) is 17.0 Å². The van der Waals surface area contributed by atoms with Gasteiger partial charge in [0.25, 0.3) is 0 Å². The lowest BCUT2D eigenvalue weighted by Gasteiger charge is -2.32. The zero-order valence-corrected chi connectivity index (χ0v) is 7.98. The van der Waals surface area contributed by atoms with Gasteiger partial charge >= 0.3 is 0 Å². The van der Waals surface area contributed by atoms with Gasteiger partial charge in [-0.05, 0) is 11.1 Å². The molecule has 0 radical (unpaired) electrons. The molecule has 1 nitrogen and oxygen atoms in total. The second-order valence-corrected chi connectivity index (χ2v) is 3.90. The van der Waals surface area contributed by atoms with E-state index in [4.69, 9.17) is 0 Å². The molecule has 2 atom stereocenters. The third-order valence-electron chi connectivity index (χ3n) is 3.08. The minimum atomic E-state index is 0.495. The predicted octanol–water partition coefficient (Wildman–Crippen LogP) is 2.37. The fraction of sp³-hybridized carbons (Fsp3) is 0.231. The molecule has 1 heterocycles. The van der Waals surface area contributed by atoms with Crippen LogP contribution in [0.5, 0.6) is 0 Å². The molecule has 2 unspecified atom stereocenters. The van der Waals surface area contributed by atoms with Crippen molar-refractivity contribution in [2.75, 3.05) is 0 Å². The van der Waals surface area contributed by atoms with Crippen molar-refractivity contribution in [3.8, 4) is 0 Å². The van der Waals surface area contributed by atoms with Crippen molar-refractivity contribution >= 4 is 0 Å². The van der Waals surface area contributed by atoms with E-state index in [0.717, 1.165) is 6.54 Å². The quantitative estimate of drug-likeness (QED) is 0.651. The van der Waals surface area contributed by atoms with Crippen molar-refractivity contribution in [1.82, 2.24) is 5.32 Å². The van der Waals surface area contributed by atoms with Gasteiger partial charge in [0.1, 0.15) is 0 Å². The third-order valence-corrected chi connectivity index (χ3v) is 3.08. The van der Waals surface area contributed by atoms with Gasteiger partial charge in [0.2, 0.25) is 0 Å². The van der Waals surface area contributed by atoms with Gasteiger partial charge in [0.15, 0.2) is 0 Å². The Hall–Kier alpha value is -1.34. The number of allylic oxidation sites excluding steroid dienone is 2. The second-order valence-electron chi connectivity index (χ2n) is 3.90. The molecule has 1 aliphatic heterocycles. The van der Waals surface area contributed by atoms with E-state index in [-0.39, 0.29) is 0 Å². The second kappa shape index (κ2) is 3.10. The average Bonchev–Trinajstić information content (AvgIpc) is 2.29. The van der Waals surface area contributed by atoms with E-state index in [1.54, 1.807) is 0 Å². The highest BCUT2D eigenvalue weighted by molar-refractivity contribution is 5.40. The van der Waals surface area contributed by atoms with Gasteiger partial charge in [-0.15, -0.1) is 0 Å². The van der Waals surface area contributed by atoms with E-state index in [0.29, 0.717) is 12.0 Å². The zero-order valence-electron chi connectivity index (χ0n) is 7.98. The Labute approximate surface area is 84.1 Å². The first-order chi connectivity index (χ1) is 6.95. The van der Waals surface area contributed by atoms with Crippen LogP contribution in [0.4, 0.5) is 0 Å². The lowest BCUT2D eigenvalue weighted by Crippen LogP contribution is -2.37. The molecule has 14 heavy (non-hydrogen) atoms. The topological polar surface area (TPSA) is 12.0 Å². The highest BCUT2D eigenvalue weighted by Crippen LogP contribution is 2.31. The lowest BCUT2D eigenvalue weighted by atomic mass is 9.82. The van der Waals surface area contributed by atoms with Gasteiger partial charge in [-0.1, -0.05) is 48.6 Å². The van der Waals surface area contributed by atoms with Crippen LogP contribution in [-0.2, 0) is 6.54 Å². The van der Waals surface area contributed by atoms with Crippen LogP contribution in [0, 0.1) is 0 Å². The standard InChI is InChI=1S/C13H13N/c1-2-6-11-10(5-1)9-14-13-8-4-3-7-12(11)13/h1-8,12-14H,9H2. The Kier molecular flexibility index (Phi) is 1.78. The SMILES string of the molecule is C1=CC2NCc3ccccc3C2C=C1. The summed E-state index contributed by atoms with van der Waals surface area (Å²) < 4.78 is 0. The van der Waals surface area contributed by atoms with E-state index in [1.165, 1.54) is 11.1 Å². The zero-order chi connectivity index (χ0) is 9.38. The minimum Gasteiger partial charge on any atom is -0.306 e. The fourth-order valence-corrected chi connectivity index (χ4v) is 2.35. The van der Waals surface area contributed by atoms with Crippen LogP contribution in [-0.4, -0.2) is 6.04 Å². The van der Waals surface area contributed by atoms with Crippen LogP contribution < -0.4 is 5.32 Å². The molecule has 1 heteroatoms. The van der Waals surface area contributed by atoms with Crippen molar-refractivity contribution in [3.05, 3.63) is 59.7 Å².